The summed E-state index contributed by atoms with van der Waals surface area (Å²) in [6.07, 6.45) is 0. The SMILES string of the molecule is COc1ccc2nc(/N=C(\N)C(Cl)(Cl)Cl)sc2c1. The first-order valence-corrected chi connectivity index (χ1v) is 6.71. The van der Waals surface area contributed by atoms with Gasteiger partial charge in [-0.05, 0) is 18.2 Å². The summed E-state index contributed by atoms with van der Waals surface area (Å²) in [5.41, 5.74) is 6.35. The number of benzene rings is 1. The van der Waals surface area contributed by atoms with Gasteiger partial charge in [0, 0.05) is 0 Å². The first-order chi connectivity index (χ1) is 8.40. The molecule has 0 aliphatic rings. The number of thiazole rings is 1. The number of nitrogens with zero attached hydrogens (tertiary/aromatic N) is 2. The van der Waals surface area contributed by atoms with Crippen molar-refractivity contribution in [3.63, 3.8) is 0 Å². The molecule has 0 unspecified atom stereocenters. The van der Waals surface area contributed by atoms with E-state index < -0.39 is 3.79 Å². The lowest BCUT2D eigenvalue weighted by molar-refractivity contribution is 0.415. The molecule has 0 amide bonds. The van der Waals surface area contributed by atoms with Crippen molar-refractivity contribution in [2.24, 2.45) is 10.7 Å². The third-order valence-electron chi connectivity index (χ3n) is 2.09. The van der Waals surface area contributed by atoms with E-state index in [1.54, 1.807) is 7.11 Å². The molecule has 96 valence electrons. The van der Waals surface area contributed by atoms with Gasteiger partial charge in [-0.3, -0.25) is 0 Å². The second-order valence-electron chi connectivity index (χ2n) is 3.32. The number of aliphatic imine (C=N–C) groups is 1. The van der Waals surface area contributed by atoms with Gasteiger partial charge in [-0.15, -0.1) is 0 Å². The van der Waals surface area contributed by atoms with Gasteiger partial charge >= 0.3 is 0 Å². The van der Waals surface area contributed by atoms with Crippen molar-refractivity contribution in [2.75, 3.05) is 7.11 Å². The minimum atomic E-state index is -1.73. The fraction of sp³-hybridized carbons (Fsp3) is 0.200. The van der Waals surface area contributed by atoms with Gasteiger partial charge in [-0.1, -0.05) is 46.1 Å². The minimum absolute atomic E-state index is 0.112. The summed E-state index contributed by atoms with van der Waals surface area (Å²) in [4.78, 5) is 8.25. The molecule has 0 saturated carbocycles. The maximum absolute atomic E-state index is 5.61. The topological polar surface area (TPSA) is 60.5 Å². The van der Waals surface area contributed by atoms with Gasteiger partial charge in [0.25, 0.3) is 0 Å². The zero-order valence-electron chi connectivity index (χ0n) is 9.15. The molecule has 0 radical (unpaired) electrons. The number of nitrogens with two attached hydrogens (primary N) is 1. The van der Waals surface area contributed by atoms with E-state index in [2.05, 4.69) is 9.98 Å². The highest BCUT2D eigenvalue weighted by atomic mass is 35.6. The second kappa shape index (κ2) is 5.09. The van der Waals surface area contributed by atoms with Crippen LogP contribution >= 0.6 is 46.1 Å². The van der Waals surface area contributed by atoms with Crippen molar-refractivity contribution in [2.45, 2.75) is 3.79 Å². The number of rotatable bonds is 2. The summed E-state index contributed by atoms with van der Waals surface area (Å²) < 4.78 is 4.32. The fourth-order valence-electron chi connectivity index (χ4n) is 1.23. The van der Waals surface area contributed by atoms with Crippen LogP contribution in [0.3, 0.4) is 0 Å². The van der Waals surface area contributed by atoms with Crippen molar-refractivity contribution >= 4 is 67.3 Å². The van der Waals surface area contributed by atoms with Crippen LogP contribution in [0.25, 0.3) is 10.2 Å². The Kier molecular flexibility index (Phi) is 3.87. The van der Waals surface area contributed by atoms with Crippen molar-refractivity contribution in [3.8, 4) is 5.75 Å². The van der Waals surface area contributed by atoms with E-state index >= 15 is 0 Å². The minimum Gasteiger partial charge on any atom is -0.497 e. The van der Waals surface area contributed by atoms with E-state index in [1.165, 1.54) is 11.3 Å². The molecule has 0 aliphatic carbocycles. The van der Waals surface area contributed by atoms with Crippen molar-refractivity contribution < 1.29 is 4.74 Å². The van der Waals surface area contributed by atoms with Crippen LogP contribution in [0.15, 0.2) is 23.2 Å². The molecule has 1 aromatic heterocycles. The van der Waals surface area contributed by atoms with E-state index in [0.29, 0.717) is 5.13 Å². The zero-order valence-corrected chi connectivity index (χ0v) is 12.2. The van der Waals surface area contributed by atoms with E-state index in [4.69, 9.17) is 45.3 Å². The number of hydrogen-bond donors (Lipinski definition) is 1. The Labute approximate surface area is 122 Å². The van der Waals surface area contributed by atoms with Crippen LogP contribution in [0.1, 0.15) is 0 Å². The Balaban J connectivity index is 2.42. The zero-order chi connectivity index (χ0) is 13.3. The molecule has 0 atom stereocenters. The highest BCUT2D eigenvalue weighted by Gasteiger charge is 2.25. The lowest BCUT2D eigenvalue weighted by Gasteiger charge is -2.07. The van der Waals surface area contributed by atoms with Crippen LogP contribution in [-0.4, -0.2) is 21.7 Å². The van der Waals surface area contributed by atoms with Crippen LogP contribution in [0, 0.1) is 0 Å². The Bertz CT molecular complexity index is 606. The molecular weight excluding hydrogens is 317 g/mol. The summed E-state index contributed by atoms with van der Waals surface area (Å²) >= 11 is 18.2. The summed E-state index contributed by atoms with van der Waals surface area (Å²) in [7, 11) is 1.60. The molecular formula is C10H8Cl3N3OS. The third kappa shape index (κ3) is 2.98. The Morgan fingerprint density at radius 2 is 2.17 bits per heavy atom. The van der Waals surface area contributed by atoms with Gasteiger partial charge < -0.3 is 10.5 Å². The number of aromatic nitrogens is 1. The van der Waals surface area contributed by atoms with Crippen LogP contribution in [0.4, 0.5) is 5.13 Å². The molecule has 0 fully saturated rings. The van der Waals surface area contributed by atoms with E-state index in [1.807, 2.05) is 18.2 Å². The van der Waals surface area contributed by atoms with Crippen molar-refractivity contribution in [1.29, 1.82) is 0 Å². The van der Waals surface area contributed by atoms with Crippen LogP contribution in [0.5, 0.6) is 5.75 Å². The predicted molar refractivity (Wildman–Crippen MR) is 77.7 cm³/mol. The maximum Gasteiger partial charge on any atom is 0.247 e. The summed E-state index contributed by atoms with van der Waals surface area (Å²) in [5.74, 6) is 0.634. The highest BCUT2D eigenvalue weighted by molar-refractivity contribution is 7.22. The summed E-state index contributed by atoms with van der Waals surface area (Å²) in [6, 6.07) is 5.50. The largest absolute Gasteiger partial charge is 0.497 e. The molecule has 2 rings (SSSR count). The van der Waals surface area contributed by atoms with E-state index in [-0.39, 0.29) is 5.84 Å². The molecule has 2 aromatic rings. The molecule has 0 saturated heterocycles. The van der Waals surface area contributed by atoms with Crippen molar-refractivity contribution in [1.82, 2.24) is 4.98 Å². The van der Waals surface area contributed by atoms with Gasteiger partial charge in [0.15, 0.2) is 5.84 Å². The number of amidine groups is 1. The normalized spacial score (nSPS) is 13.0. The number of fused-ring (bicyclic) bond motifs is 1. The predicted octanol–water partition coefficient (Wildman–Crippen LogP) is 3.66. The third-order valence-corrected chi connectivity index (χ3v) is 3.58. The van der Waals surface area contributed by atoms with Crippen LogP contribution in [-0.2, 0) is 0 Å². The fourth-order valence-corrected chi connectivity index (χ4v) is 2.24. The monoisotopic (exact) mass is 323 g/mol. The first-order valence-electron chi connectivity index (χ1n) is 4.76. The molecule has 2 N–H and O–H groups in total. The molecule has 1 heterocycles. The molecule has 4 nitrogen and oxygen atoms in total. The molecule has 18 heavy (non-hydrogen) atoms. The number of halogens is 3. The number of methoxy groups -OCH3 is 1. The Morgan fingerprint density at radius 3 is 2.78 bits per heavy atom. The average molecular weight is 325 g/mol. The standard InChI is InChI=1S/C10H8Cl3N3OS/c1-17-5-2-3-6-7(4-5)18-9(15-6)16-8(14)10(11,12)13/h2-4H,1H3,(H2,14,15,16). The van der Waals surface area contributed by atoms with Gasteiger partial charge in [-0.25, -0.2) is 9.98 Å². The number of hydrogen-bond acceptors (Lipinski definition) is 4. The Morgan fingerprint density at radius 1 is 1.44 bits per heavy atom. The van der Waals surface area contributed by atoms with Crippen molar-refractivity contribution in [3.05, 3.63) is 18.2 Å². The van der Waals surface area contributed by atoms with Gasteiger partial charge in [-0.2, -0.15) is 0 Å². The first kappa shape index (κ1) is 13.7. The summed E-state index contributed by atoms with van der Waals surface area (Å²) in [5, 5.41) is 0.432. The highest BCUT2D eigenvalue weighted by Crippen LogP contribution is 2.33. The average Bonchev–Trinajstić information content (AvgIpc) is 2.68. The smallest absolute Gasteiger partial charge is 0.247 e. The second-order valence-corrected chi connectivity index (χ2v) is 6.62. The summed E-state index contributed by atoms with van der Waals surface area (Å²) in [6.45, 7) is 0. The van der Waals surface area contributed by atoms with Crippen LogP contribution in [0.2, 0.25) is 0 Å². The molecule has 0 spiro atoms. The van der Waals surface area contributed by atoms with Gasteiger partial charge in [0.05, 0.1) is 17.3 Å². The molecule has 8 heteroatoms. The molecule has 1 aromatic carbocycles. The maximum atomic E-state index is 5.61. The van der Waals surface area contributed by atoms with E-state index in [9.17, 15) is 0 Å². The van der Waals surface area contributed by atoms with Crippen LogP contribution < -0.4 is 10.5 Å². The Hall–Kier alpha value is -0.750. The van der Waals surface area contributed by atoms with Gasteiger partial charge in [0.1, 0.15) is 5.75 Å². The molecule has 0 bridgehead atoms. The lowest BCUT2D eigenvalue weighted by Crippen LogP contribution is -2.27. The quantitative estimate of drug-likeness (QED) is 0.521. The molecule has 0 aliphatic heterocycles. The van der Waals surface area contributed by atoms with Gasteiger partial charge in [0.2, 0.25) is 8.92 Å². The lowest BCUT2D eigenvalue weighted by atomic mass is 10.3. The van der Waals surface area contributed by atoms with E-state index in [0.717, 1.165) is 16.0 Å². The number of alkyl halides is 3. The number of ether oxygens (including phenoxy) is 1.